The second-order valence-electron chi connectivity index (χ2n) is 7.64. The molecule has 2 aromatic carbocycles. The summed E-state index contributed by atoms with van der Waals surface area (Å²) >= 11 is 1.79. The summed E-state index contributed by atoms with van der Waals surface area (Å²) in [6.07, 6.45) is 2.92. The van der Waals surface area contributed by atoms with Gasteiger partial charge in [-0.15, -0.1) is 11.3 Å². The number of rotatable bonds is 4. The molecule has 0 atom stereocenters. The van der Waals surface area contributed by atoms with Gasteiger partial charge in [-0.1, -0.05) is 30.3 Å². The molecule has 4 aromatic rings. The summed E-state index contributed by atoms with van der Waals surface area (Å²) in [4.78, 5) is 18.0. The zero-order valence-corrected chi connectivity index (χ0v) is 17.7. The van der Waals surface area contributed by atoms with Crippen LogP contribution < -0.4 is 5.73 Å². The van der Waals surface area contributed by atoms with E-state index in [4.69, 9.17) is 15.7 Å². The zero-order valence-electron chi connectivity index (χ0n) is 16.9. The molecule has 0 amide bonds. The van der Waals surface area contributed by atoms with Crippen LogP contribution in [0.25, 0.3) is 22.0 Å². The highest BCUT2D eigenvalue weighted by molar-refractivity contribution is 7.15. The number of thiazole rings is 1. The third-order valence-corrected chi connectivity index (χ3v) is 6.65. The molecule has 0 bridgehead atoms. The average molecular weight is 414 g/mol. The molecule has 1 aliphatic heterocycles. The van der Waals surface area contributed by atoms with E-state index in [-0.39, 0.29) is 0 Å². The molecule has 6 heteroatoms. The van der Waals surface area contributed by atoms with E-state index in [1.807, 2.05) is 36.5 Å². The summed E-state index contributed by atoms with van der Waals surface area (Å²) in [6, 6.07) is 18.1. The molecule has 2 aromatic heterocycles. The number of hydrogen-bond donors (Lipinski definition) is 1. The van der Waals surface area contributed by atoms with Gasteiger partial charge in [0, 0.05) is 59.5 Å². The second kappa shape index (κ2) is 7.97. The maximum Gasteiger partial charge on any atom is 0.159 e. The van der Waals surface area contributed by atoms with Crippen LogP contribution in [0.4, 0.5) is 5.69 Å². The number of benzene rings is 2. The number of nitrogens with two attached hydrogens (primary N) is 1. The van der Waals surface area contributed by atoms with Gasteiger partial charge in [-0.05, 0) is 31.2 Å². The van der Waals surface area contributed by atoms with Crippen molar-refractivity contribution in [2.75, 3.05) is 12.3 Å². The van der Waals surface area contributed by atoms with E-state index in [2.05, 4.69) is 41.1 Å². The zero-order chi connectivity index (χ0) is 20.5. The van der Waals surface area contributed by atoms with Crippen LogP contribution in [0, 0.1) is 6.92 Å². The lowest BCUT2D eigenvalue weighted by molar-refractivity contribution is 0.244. The van der Waals surface area contributed by atoms with E-state index < -0.39 is 0 Å². The predicted molar refractivity (Wildman–Crippen MR) is 122 cm³/mol. The van der Waals surface area contributed by atoms with Crippen molar-refractivity contribution < 1.29 is 0 Å². The Bertz CT molecular complexity index is 1170. The molecule has 1 aliphatic rings. The minimum Gasteiger partial charge on any atom is -0.399 e. The molecule has 0 spiro atoms. The van der Waals surface area contributed by atoms with Crippen LogP contribution in [0.15, 0.2) is 60.8 Å². The number of nitrogens with zero attached hydrogens (tertiary/aromatic N) is 4. The summed E-state index contributed by atoms with van der Waals surface area (Å²) in [5.41, 5.74) is 12.2. The van der Waals surface area contributed by atoms with Crippen molar-refractivity contribution in [1.29, 1.82) is 0 Å². The number of anilines is 1. The Labute approximate surface area is 180 Å². The largest absolute Gasteiger partial charge is 0.399 e. The SMILES string of the molecule is Cc1nc(-c2ccccc2)sc1CN1CCc2nc(-c3ccc(N)cc3)ncc2C1. The van der Waals surface area contributed by atoms with Crippen LogP contribution in [0.2, 0.25) is 0 Å². The van der Waals surface area contributed by atoms with E-state index >= 15 is 0 Å². The fraction of sp³-hybridized carbons (Fsp3) is 0.208. The summed E-state index contributed by atoms with van der Waals surface area (Å²) < 4.78 is 0. The molecule has 0 unspecified atom stereocenters. The number of nitrogen functional groups attached to an aromatic ring is 1. The molecule has 5 rings (SSSR count). The van der Waals surface area contributed by atoms with Gasteiger partial charge in [0.1, 0.15) is 5.01 Å². The topological polar surface area (TPSA) is 67.9 Å². The Hall–Kier alpha value is -3.09. The highest BCUT2D eigenvalue weighted by Crippen LogP contribution is 2.30. The first-order valence-electron chi connectivity index (χ1n) is 10.1. The van der Waals surface area contributed by atoms with Gasteiger partial charge >= 0.3 is 0 Å². The summed E-state index contributed by atoms with van der Waals surface area (Å²) in [7, 11) is 0. The standard InChI is InChI=1S/C24H23N5S/c1-16-22(30-24(27-16)18-5-3-2-4-6-18)15-29-12-11-21-19(14-29)13-26-23(28-21)17-7-9-20(25)10-8-17/h2-10,13H,11-12,14-15,25H2,1H3. The van der Waals surface area contributed by atoms with Crippen molar-refractivity contribution >= 4 is 17.0 Å². The lowest BCUT2D eigenvalue weighted by atomic mass is 10.1. The molecule has 0 saturated carbocycles. The highest BCUT2D eigenvalue weighted by Gasteiger charge is 2.21. The van der Waals surface area contributed by atoms with Crippen molar-refractivity contribution in [2.45, 2.75) is 26.4 Å². The lowest BCUT2D eigenvalue weighted by Crippen LogP contribution is -2.30. The van der Waals surface area contributed by atoms with Gasteiger partial charge in [0.25, 0.3) is 0 Å². The van der Waals surface area contributed by atoms with E-state index in [0.29, 0.717) is 0 Å². The van der Waals surface area contributed by atoms with Crippen LogP contribution in [0.5, 0.6) is 0 Å². The quantitative estimate of drug-likeness (QED) is 0.491. The third-order valence-electron chi connectivity index (χ3n) is 5.46. The normalized spacial score (nSPS) is 13.9. The molecule has 0 saturated heterocycles. The summed E-state index contributed by atoms with van der Waals surface area (Å²) in [5, 5.41) is 1.09. The molecule has 150 valence electrons. The molecule has 3 heterocycles. The Morgan fingerprint density at radius 2 is 1.80 bits per heavy atom. The van der Waals surface area contributed by atoms with E-state index in [1.54, 1.807) is 11.3 Å². The van der Waals surface area contributed by atoms with Gasteiger partial charge in [0.15, 0.2) is 5.82 Å². The van der Waals surface area contributed by atoms with Gasteiger partial charge in [-0.25, -0.2) is 15.0 Å². The van der Waals surface area contributed by atoms with E-state index in [1.165, 1.54) is 16.0 Å². The van der Waals surface area contributed by atoms with Crippen molar-refractivity contribution in [2.24, 2.45) is 0 Å². The van der Waals surface area contributed by atoms with E-state index in [0.717, 1.165) is 59.5 Å². The Morgan fingerprint density at radius 3 is 2.60 bits per heavy atom. The summed E-state index contributed by atoms with van der Waals surface area (Å²) in [5.74, 6) is 0.771. The van der Waals surface area contributed by atoms with Crippen molar-refractivity contribution in [1.82, 2.24) is 19.9 Å². The smallest absolute Gasteiger partial charge is 0.159 e. The van der Waals surface area contributed by atoms with Gasteiger partial charge in [0.05, 0.1) is 11.4 Å². The molecule has 0 radical (unpaired) electrons. The van der Waals surface area contributed by atoms with Crippen molar-refractivity contribution in [3.05, 3.63) is 82.6 Å². The monoisotopic (exact) mass is 413 g/mol. The van der Waals surface area contributed by atoms with Crippen LogP contribution in [0.3, 0.4) is 0 Å². The van der Waals surface area contributed by atoms with Gasteiger partial charge in [0.2, 0.25) is 0 Å². The molecule has 0 aliphatic carbocycles. The molecule has 2 N–H and O–H groups in total. The fourth-order valence-corrected chi connectivity index (χ4v) is 4.87. The van der Waals surface area contributed by atoms with Gasteiger partial charge in [-0.2, -0.15) is 0 Å². The first kappa shape index (κ1) is 18.9. The number of aromatic nitrogens is 3. The van der Waals surface area contributed by atoms with Gasteiger partial charge in [-0.3, -0.25) is 4.90 Å². The Kier molecular flexibility index (Phi) is 5.02. The third kappa shape index (κ3) is 3.84. The molecular formula is C24H23N5S. The molecular weight excluding hydrogens is 390 g/mol. The average Bonchev–Trinajstić information content (AvgIpc) is 3.15. The maximum absolute atomic E-state index is 5.79. The van der Waals surface area contributed by atoms with Crippen molar-refractivity contribution in [3.8, 4) is 22.0 Å². The first-order valence-corrected chi connectivity index (χ1v) is 10.9. The van der Waals surface area contributed by atoms with Crippen LogP contribution in [-0.2, 0) is 19.5 Å². The van der Waals surface area contributed by atoms with E-state index in [9.17, 15) is 0 Å². The fourth-order valence-electron chi connectivity index (χ4n) is 3.76. The molecule has 5 nitrogen and oxygen atoms in total. The summed E-state index contributed by atoms with van der Waals surface area (Å²) in [6.45, 7) is 4.88. The minimum absolute atomic E-state index is 0.751. The van der Waals surface area contributed by atoms with Crippen LogP contribution in [0.1, 0.15) is 21.8 Å². The predicted octanol–water partition coefficient (Wildman–Crippen LogP) is 4.72. The minimum atomic E-state index is 0.751. The first-order chi connectivity index (χ1) is 14.7. The number of fused-ring (bicyclic) bond motifs is 1. The second-order valence-corrected chi connectivity index (χ2v) is 8.73. The number of aryl methyl sites for hydroxylation is 1. The molecule has 0 fully saturated rings. The lowest BCUT2D eigenvalue weighted by Gasteiger charge is -2.27. The number of hydrogen-bond acceptors (Lipinski definition) is 6. The van der Waals surface area contributed by atoms with Crippen molar-refractivity contribution in [3.63, 3.8) is 0 Å². The Morgan fingerprint density at radius 1 is 1.00 bits per heavy atom. The van der Waals surface area contributed by atoms with Crippen LogP contribution >= 0.6 is 11.3 Å². The molecule has 30 heavy (non-hydrogen) atoms. The van der Waals surface area contributed by atoms with Crippen LogP contribution in [-0.4, -0.2) is 26.4 Å². The van der Waals surface area contributed by atoms with Gasteiger partial charge < -0.3 is 5.73 Å². The highest BCUT2D eigenvalue weighted by atomic mass is 32.1. The Balaban J connectivity index is 1.32. The maximum atomic E-state index is 5.79.